The molecule has 0 spiro atoms. The van der Waals surface area contributed by atoms with Gasteiger partial charge >= 0.3 is 5.69 Å². The Morgan fingerprint density at radius 2 is 2.35 bits per heavy atom. The smallest absolute Gasteiger partial charge is 0.310 e. The van der Waals surface area contributed by atoms with Gasteiger partial charge in [-0.25, -0.2) is 4.68 Å². The van der Waals surface area contributed by atoms with Crippen molar-refractivity contribution in [1.82, 2.24) is 9.78 Å². The number of nitrogens with zero attached hydrogens (tertiary/aromatic N) is 3. The zero-order valence-corrected chi connectivity index (χ0v) is 9.24. The lowest BCUT2D eigenvalue weighted by molar-refractivity contribution is -0.385. The number of aliphatic hydroxyl groups is 1. The Kier molecular flexibility index (Phi) is 2.09. The predicted molar refractivity (Wildman–Crippen MR) is 59.4 cm³/mol. The maximum Gasteiger partial charge on any atom is 0.310 e. The highest BCUT2D eigenvalue weighted by Gasteiger charge is 2.41. The van der Waals surface area contributed by atoms with E-state index in [2.05, 4.69) is 5.10 Å². The third-order valence-corrected chi connectivity index (χ3v) is 3.38. The molecule has 1 unspecified atom stereocenters. The first-order valence-corrected chi connectivity index (χ1v) is 5.75. The zero-order valence-electron chi connectivity index (χ0n) is 9.24. The molecule has 1 aromatic heterocycles. The first kappa shape index (κ1) is 10.5. The fourth-order valence-electron chi connectivity index (χ4n) is 2.37. The second-order valence-electron chi connectivity index (χ2n) is 4.68. The average Bonchev–Trinajstić information content (AvgIpc) is 2.86. The lowest BCUT2D eigenvalue weighted by Crippen LogP contribution is -2.31. The van der Waals surface area contributed by atoms with Crippen LogP contribution < -0.4 is 0 Å². The van der Waals surface area contributed by atoms with Gasteiger partial charge in [0.15, 0.2) is 5.72 Å². The van der Waals surface area contributed by atoms with Crippen LogP contribution >= 0.6 is 0 Å². The fraction of sp³-hybridized carbons (Fsp3) is 0.545. The second kappa shape index (κ2) is 3.40. The highest BCUT2D eigenvalue weighted by molar-refractivity contribution is 5.39. The summed E-state index contributed by atoms with van der Waals surface area (Å²) in [7, 11) is 0. The van der Waals surface area contributed by atoms with E-state index < -0.39 is 10.6 Å². The minimum atomic E-state index is -1.17. The number of aromatic nitrogens is 2. The fourth-order valence-corrected chi connectivity index (χ4v) is 2.37. The van der Waals surface area contributed by atoms with Gasteiger partial charge in [0.2, 0.25) is 0 Å². The number of nitro groups is 1. The molecule has 2 aliphatic carbocycles. The normalized spacial score (nSPS) is 27.6. The van der Waals surface area contributed by atoms with E-state index in [1.54, 1.807) is 6.08 Å². The minimum Gasteiger partial charge on any atom is -0.366 e. The summed E-state index contributed by atoms with van der Waals surface area (Å²) in [5.41, 5.74) is -0.572. The number of rotatable bonds is 3. The molecule has 1 N–H and O–H groups in total. The molecule has 6 nitrogen and oxygen atoms in total. The van der Waals surface area contributed by atoms with Gasteiger partial charge in [0.25, 0.3) is 0 Å². The Hall–Kier alpha value is -1.69. The first-order chi connectivity index (χ1) is 8.12. The minimum absolute atomic E-state index is 0.0289. The van der Waals surface area contributed by atoms with Gasteiger partial charge in [-0.1, -0.05) is 6.08 Å². The standard InChI is InChI=1S/C11H13N3O3/c15-11(5-1-2-6-11)13-10(8-3-4-8)9(7-12-13)14(16)17/h1,5,7-8,15H,2-4,6H2. The molecule has 0 radical (unpaired) electrons. The van der Waals surface area contributed by atoms with E-state index in [1.807, 2.05) is 6.08 Å². The molecule has 2 aliphatic rings. The molecular weight excluding hydrogens is 222 g/mol. The van der Waals surface area contributed by atoms with Gasteiger partial charge in [0, 0.05) is 12.3 Å². The Morgan fingerprint density at radius 1 is 1.59 bits per heavy atom. The van der Waals surface area contributed by atoms with Crippen LogP contribution in [0, 0.1) is 10.1 Å². The molecule has 0 saturated heterocycles. The Morgan fingerprint density at radius 3 is 2.88 bits per heavy atom. The van der Waals surface area contributed by atoms with E-state index in [4.69, 9.17) is 0 Å². The Bertz CT molecular complexity index is 504. The third kappa shape index (κ3) is 1.56. The highest BCUT2D eigenvalue weighted by atomic mass is 16.6. The van der Waals surface area contributed by atoms with Gasteiger partial charge < -0.3 is 5.11 Å². The van der Waals surface area contributed by atoms with Crippen LogP contribution in [0.3, 0.4) is 0 Å². The summed E-state index contributed by atoms with van der Waals surface area (Å²) in [6, 6.07) is 0. The van der Waals surface area contributed by atoms with E-state index in [0.717, 1.165) is 19.3 Å². The summed E-state index contributed by atoms with van der Waals surface area (Å²) in [6.07, 6.45) is 7.98. The van der Waals surface area contributed by atoms with Crippen molar-refractivity contribution in [2.75, 3.05) is 0 Å². The third-order valence-electron chi connectivity index (χ3n) is 3.38. The van der Waals surface area contributed by atoms with Crippen molar-refractivity contribution in [3.8, 4) is 0 Å². The number of hydrogen-bond donors (Lipinski definition) is 1. The van der Waals surface area contributed by atoms with Crippen LogP contribution in [0.1, 0.15) is 37.3 Å². The summed E-state index contributed by atoms with van der Waals surface area (Å²) in [5.74, 6) is 0.177. The highest BCUT2D eigenvalue weighted by Crippen LogP contribution is 2.46. The van der Waals surface area contributed by atoms with Gasteiger partial charge in [-0.05, 0) is 25.3 Å². The van der Waals surface area contributed by atoms with Crippen LogP contribution in [0.5, 0.6) is 0 Å². The van der Waals surface area contributed by atoms with Crippen molar-refractivity contribution in [2.45, 2.75) is 37.3 Å². The van der Waals surface area contributed by atoms with Gasteiger partial charge in [-0.15, -0.1) is 0 Å². The quantitative estimate of drug-likeness (QED) is 0.490. The van der Waals surface area contributed by atoms with Crippen LogP contribution in [0.4, 0.5) is 5.69 Å². The van der Waals surface area contributed by atoms with Gasteiger partial charge in [0.05, 0.1) is 4.92 Å². The summed E-state index contributed by atoms with van der Waals surface area (Å²) in [6.45, 7) is 0. The predicted octanol–water partition coefficient (Wildman–Crippen LogP) is 1.66. The lowest BCUT2D eigenvalue weighted by atomic mass is 10.1. The zero-order chi connectivity index (χ0) is 12.0. The van der Waals surface area contributed by atoms with Gasteiger partial charge in [-0.3, -0.25) is 10.1 Å². The van der Waals surface area contributed by atoms with Crippen molar-refractivity contribution < 1.29 is 10.0 Å². The first-order valence-electron chi connectivity index (χ1n) is 5.75. The summed E-state index contributed by atoms with van der Waals surface area (Å²) in [4.78, 5) is 10.5. The van der Waals surface area contributed by atoms with E-state index in [1.165, 1.54) is 10.9 Å². The molecule has 0 bridgehead atoms. The molecule has 1 heterocycles. The maximum atomic E-state index is 10.9. The topological polar surface area (TPSA) is 81.2 Å². The molecule has 0 aromatic carbocycles. The Balaban J connectivity index is 2.10. The molecule has 0 amide bonds. The summed E-state index contributed by atoms with van der Waals surface area (Å²) >= 11 is 0. The van der Waals surface area contributed by atoms with Gasteiger partial charge in [-0.2, -0.15) is 5.10 Å². The van der Waals surface area contributed by atoms with Crippen molar-refractivity contribution in [3.63, 3.8) is 0 Å². The van der Waals surface area contributed by atoms with Crippen LogP contribution in [0.15, 0.2) is 18.3 Å². The van der Waals surface area contributed by atoms with Crippen LogP contribution in [0.2, 0.25) is 0 Å². The molecule has 1 aromatic rings. The Labute approximate surface area is 97.7 Å². The van der Waals surface area contributed by atoms with Gasteiger partial charge in [0.1, 0.15) is 11.9 Å². The van der Waals surface area contributed by atoms with Crippen LogP contribution in [-0.4, -0.2) is 19.8 Å². The van der Waals surface area contributed by atoms with Crippen molar-refractivity contribution in [2.24, 2.45) is 0 Å². The molecular formula is C11H13N3O3. The molecule has 17 heavy (non-hydrogen) atoms. The lowest BCUT2D eigenvalue weighted by Gasteiger charge is -2.23. The monoisotopic (exact) mass is 235 g/mol. The van der Waals surface area contributed by atoms with E-state index in [-0.39, 0.29) is 11.6 Å². The van der Waals surface area contributed by atoms with E-state index >= 15 is 0 Å². The largest absolute Gasteiger partial charge is 0.366 e. The van der Waals surface area contributed by atoms with Crippen molar-refractivity contribution in [1.29, 1.82) is 0 Å². The van der Waals surface area contributed by atoms with Crippen LogP contribution in [0.25, 0.3) is 0 Å². The van der Waals surface area contributed by atoms with Crippen LogP contribution in [-0.2, 0) is 5.72 Å². The SMILES string of the molecule is O=[N+]([O-])c1cnn(C2(O)C=CCC2)c1C1CC1. The average molecular weight is 235 g/mol. The van der Waals surface area contributed by atoms with E-state index in [0.29, 0.717) is 12.1 Å². The molecule has 6 heteroatoms. The van der Waals surface area contributed by atoms with E-state index in [9.17, 15) is 15.2 Å². The maximum absolute atomic E-state index is 10.9. The van der Waals surface area contributed by atoms with Crippen molar-refractivity contribution in [3.05, 3.63) is 34.2 Å². The number of hydrogen-bond acceptors (Lipinski definition) is 4. The molecule has 90 valence electrons. The molecule has 1 atom stereocenters. The molecule has 1 fully saturated rings. The second-order valence-corrected chi connectivity index (χ2v) is 4.68. The summed E-state index contributed by atoms with van der Waals surface area (Å²) in [5, 5.41) is 25.4. The molecule has 1 saturated carbocycles. The molecule has 0 aliphatic heterocycles. The number of allylic oxidation sites excluding steroid dienone is 1. The summed E-state index contributed by atoms with van der Waals surface area (Å²) < 4.78 is 1.44. The molecule has 3 rings (SSSR count). The van der Waals surface area contributed by atoms with Crippen molar-refractivity contribution >= 4 is 5.69 Å².